The summed E-state index contributed by atoms with van der Waals surface area (Å²) in [5, 5.41) is 8.98. The second-order valence-corrected chi connectivity index (χ2v) is 5.55. The van der Waals surface area contributed by atoms with Gasteiger partial charge in [0.25, 0.3) is 0 Å². The summed E-state index contributed by atoms with van der Waals surface area (Å²) >= 11 is 0. The Bertz CT molecular complexity index is 548. The van der Waals surface area contributed by atoms with E-state index in [2.05, 4.69) is 6.92 Å². The molecule has 2 N–H and O–H groups in total. The fourth-order valence-corrected chi connectivity index (χ4v) is 2.87. The molecule has 1 fully saturated rings. The van der Waals surface area contributed by atoms with Crippen molar-refractivity contribution in [1.82, 2.24) is 0 Å². The number of nitrogens with two attached hydrogens (primary N) is 1. The minimum atomic E-state index is -4.51. The maximum atomic E-state index is 12.8. The van der Waals surface area contributed by atoms with E-state index in [1.54, 1.807) is 6.07 Å². The number of alkyl halides is 3. The molecule has 6 heteroatoms. The van der Waals surface area contributed by atoms with E-state index in [0.717, 1.165) is 25.5 Å². The van der Waals surface area contributed by atoms with Crippen molar-refractivity contribution in [2.24, 2.45) is 11.7 Å². The predicted octanol–water partition coefficient (Wildman–Crippen LogP) is 3.14. The molecule has 1 saturated heterocycles. The molecule has 0 aromatic heterocycles. The van der Waals surface area contributed by atoms with E-state index in [4.69, 9.17) is 11.0 Å². The molecule has 0 radical (unpaired) electrons. The molecule has 2 rings (SSSR count). The Morgan fingerprint density at radius 3 is 2.71 bits per heavy atom. The Kier molecular flexibility index (Phi) is 4.43. The lowest BCUT2D eigenvalue weighted by Gasteiger charge is -2.39. The van der Waals surface area contributed by atoms with Gasteiger partial charge < -0.3 is 10.6 Å². The van der Waals surface area contributed by atoms with Gasteiger partial charge in [-0.15, -0.1) is 0 Å². The second-order valence-electron chi connectivity index (χ2n) is 5.55. The first-order valence-corrected chi connectivity index (χ1v) is 6.95. The average molecular weight is 297 g/mol. The van der Waals surface area contributed by atoms with E-state index >= 15 is 0 Å². The topological polar surface area (TPSA) is 53.0 Å². The first kappa shape index (κ1) is 15.6. The van der Waals surface area contributed by atoms with Crippen LogP contribution in [0.3, 0.4) is 0 Å². The zero-order valence-corrected chi connectivity index (χ0v) is 11.8. The summed E-state index contributed by atoms with van der Waals surface area (Å²) in [6.07, 6.45) is -2.62. The number of hydrogen-bond acceptors (Lipinski definition) is 3. The van der Waals surface area contributed by atoms with Crippen LogP contribution in [-0.2, 0) is 6.18 Å². The monoisotopic (exact) mass is 297 g/mol. The van der Waals surface area contributed by atoms with Gasteiger partial charge in [0.05, 0.1) is 17.2 Å². The number of piperidine rings is 1. The van der Waals surface area contributed by atoms with Crippen molar-refractivity contribution in [1.29, 1.82) is 5.26 Å². The molecular formula is C15H18F3N3. The summed E-state index contributed by atoms with van der Waals surface area (Å²) < 4.78 is 38.5. The molecule has 1 aliphatic heterocycles. The molecule has 1 heterocycles. The Labute approximate surface area is 122 Å². The Morgan fingerprint density at radius 1 is 1.43 bits per heavy atom. The summed E-state index contributed by atoms with van der Waals surface area (Å²) in [6.45, 7) is 3.35. The third-order valence-electron chi connectivity index (χ3n) is 4.01. The maximum Gasteiger partial charge on any atom is 0.417 e. The van der Waals surface area contributed by atoms with Gasteiger partial charge in [-0.3, -0.25) is 0 Å². The number of nitrogens with zero attached hydrogens (tertiary/aromatic N) is 2. The number of rotatable bonds is 2. The zero-order valence-electron chi connectivity index (χ0n) is 11.8. The van der Waals surface area contributed by atoms with Crippen LogP contribution in [0.2, 0.25) is 0 Å². The zero-order chi connectivity index (χ0) is 15.6. The number of nitriles is 1. The molecule has 1 aromatic carbocycles. The normalized spacial score (nSPS) is 23.0. The van der Waals surface area contributed by atoms with E-state index in [1.807, 2.05) is 4.90 Å². The standard InChI is InChI=1S/C15H18F3N3/c1-10-4-5-21(13(6-10)9-20)12-2-3-14(15(16,17)18)11(7-12)8-19/h2-3,7,10,13H,4-6,9,20H2,1H3. The SMILES string of the molecule is CC1CCN(c2ccc(C(F)(F)F)c(C#N)c2)C(CN)C1. The van der Waals surface area contributed by atoms with Crippen LogP contribution >= 0.6 is 0 Å². The highest BCUT2D eigenvalue weighted by Crippen LogP contribution is 2.35. The van der Waals surface area contributed by atoms with Gasteiger partial charge in [0.15, 0.2) is 0 Å². The first-order valence-electron chi connectivity index (χ1n) is 6.95. The lowest BCUT2D eigenvalue weighted by molar-refractivity contribution is -0.137. The number of anilines is 1. The van der Waals surface area contributed by atoms with E-state index in [1.165, 1.54) is 12.1 Å². The van der Waals surface area contributed by atoms with Crippen LogP contribution in [0, 0.1) is 17.2 Å². The molecule has 114 valence electrons. The third-order valence-corrected chi connectivity index (χ3v) is 4.01. The molecule has 0 aliphatic carbocycles. The molecule has 0 bridgehead atoms. The van der Waals surface area contributed by atoms with Crippen LogP contribution < -0.4 is 10.6 Å². The molecular weight excluding hydrogens is 279 g/mol. The minimum Gasteiger partial charge on any atom is -0.367 e. The predicted molar refractivity (Wildman–Crippen MR) is 74.7 cm³/mol. The average Bonchev–Trinajstić information content (AvgIpc) is 2.45. The van der Waals surface area contributed by atoms with Crippen LogP contribution in [0.5, 0.6) is 0 Å². The van der Waals surface area contributed by atoms with Gasteiger partial charge in [-0.1, -0.05) is 6.92 Å². The van der Waals surface area contributed by atoms with E-state index in [9.17, 15) is 13.2 Å². The minimum absolute atomic E-state index is 0.108. The van der Waals surface area contributed by atoms with Gasteiger partial charge in [-0.25, -0.2) is 0 Å². The maximum absolute atomic E-state index is 12.8. The van der Waals surface area contributed by atoms with Crippen LogP contribution in [0.1, 0.15) is 30.9 Å². The highest BCUT2D eigenvalue weighted by molar-refractivity contribution is 5.56. The molecule has 3 nitrogen and oxygen atoms in total. The number of halogens is 3. The summed E-state index contributed by atoms with van der Waals surface area (Å²) in [6, 6.07) is 5.49. The number of hydrogen-bond donors (Lipinski definition) is 1. The van der Waals surface area contributed by atoms with Crippen LogP contribution in [0.25, 0.3) is 0 Å². The summed E-state index contributed by atoms with van der Waals surface area (Å²) in [5.41, 5.74) is 5.19. The lowest BCUT2D eigenvalue weighted by atomic mass is 9.91. The van der Waals surface area contributed by atoms with Gasteiger partial charge in [0.1, 0.15) is 0 Å². The van der Waals surface area contributed by atoms with Gasteiger partial charge >= 0.3 is 6.18 Å². The Morgan fingerprint density at radius 2 is 2.14 bits per heavy atom. The Hall–Kier alpha value is -1.74. The van der Waals surface area contributed by atoms with Crippen LogP contribution in [0.4, 0.5) is 18.9 Å². The quantitative estimate of drug-likeness (QED) is 0.912. The smallest absolute Gasteiger partial charge is 0.367 e. The third kappa shape index (κ3) is 3.30. The van der Waals surface area contributed by atoms with E-state index < -0.39 is 11.7 Å². The van der Waals surface area contributed by atoms with Gasteiger partial charge in [-0.05, 0) is 37.0 Å². The molecule has 1 aromatic rings. The van der Waals surface area contributed by atoms with E-state index in [0.29, 0.717) is 18.2 Å². The molecule has 0 saturated carbocycles. The van der Waals surface area contributed by atoms with Crippen molar-refractivity contribution in [3.8, 4) is 6.07 Å². The van der Waals surface area contributed by atoms with Crippen molar-refractivity contribution < 1.29 is 13.2 Å². The van der Waals surface area contributed by atoms with Gasteiger partial charge in [0.2, 0.25) is 0 Å². The van der Waals surface area contributed by atoms with Crippen molar-refractivity contribution in [3.05, 3.63) is 29.3 Å². The molecule has 21 heavy (non-hydrogen) atoms. The Balaban J connectivity index is 2.35. The van der Waals surface area contributed by atoms with Gasteiger partial charge in [-0.2, -0.15) is 18.4 Å². The summed E-state index contributed by atoms with van der Waals surface area (Å²) in [4.78, 5) is 2.01. The summed E-state index contributed by atoms with van der Waals surface area (Å²) in [5.74, 6) is 0.555. The van der Waals surface area contributed by atoms with Crippen molar-refractivity contribution in [2.75, 3.05) is 18.0 Å². The number of benzene rings is 1. The summed E-state index contributed by atoms with van der Waals surface area (Å²) in [7, 11) is 0. The van der Waals surface area contributed by atoms with Crippen molar-refractivity contribution in [3.63, 3.8) is 0 Å². The second kappa shape index (κ2) is 5.94. The molecule has 0 amide bonds. The lowest BCUT2D eigenvalue weighted by Crippen LogP contribution is -2.46. The van der Waals surface area contributed by atoms with Crippen molar-refractivity contribution >= 4 is 5.69 Å². The van der Waals surface area contributed by atoms with Crippen molar-refractivity contribution in [2.45, 2.75) is 32.0 Å². The van der Waals surface area contributed by atoms with Gasteiger partial charge in [0, 0.05) is 24.8 Å². The molecule has 1 aliphatic rings. The van der Waals surface area contributed by atoms with E-state index in [-0.39, 0.29) is 11.6 Å². The largest absolute Gasteiger partial charge is 0.417 e. The molecule has 2 unspecified atom stereocenters. The van der Waals surface area contributed by atoms with Crippen LogP contribution in [0.15, 0.2) is 18.2 Å². The molecule has 2 atom stereocenters. The molecule has 0 spiro atoms. The highest BCUT2D eigenvalue weighted by atomic mass is 19.4. The fourth-order valence-electron chi connectivity index (χ4n) is 2.87. The first-order chi connectivity index (χ1) is 9.86. The highest BCUT2D eigenvalue weighted by Gasteiger charge is 2.34. The van der Waals surface area contributed by atoms with Crippen LogP contribution in [-0.4, -0.2) is 19.1 Å². The fraction of sp³-hybridized carbons (Fsp3) is 0.533.